The minimum atomic E-state index is -3.87. The molecule has 180 valence electrons. The highest BCUT2D eigenvalue weighted by Gasteiger charge is 2.30. The lowest BCUT2D eigenvalue weighted by Crippen LogP contribution is -2.51. The molecule has 2 amide bonds. The van der Waals surface area contributed by atoms with Gasteiger partial charge < -0.3 is 15.0 Å². The predicted molar refractivity (Wildman–Crippen MR) is 130 cm³/mol. The summed E-state index contributed by atoms with van der Waals surface area (Å²) in [4.78, 5) is 27.3. The molecule has 2 rings (SSSR count). The predicted octanol–water partition coefficient (Wildman–Crippen LogP) is 3.32. The number of hydrogen-bond donors (Lipinski definition) is 1. The van der Waals surface area contributed by atoms with E-state index < -0.39 is 28.5 Å². The average Bonchev–Trinajstić information content (AvgIpc) is 2.74. The van der Waals surface area contributed by atoms with Gasteiger partial charge in [-0.3, -0.25) is 13.9 Å². The van der Waals surface area contributed by atoms with E-state index >= 15 is 0 Å². The van der Waals surface area contributed by atoms with Gasteiger partial charge in [0.15, 0.2) is 0 Å². The fourth-order valence-electron chi connectivity index (χ4n) is 3.17. The second-order valence-corrected chi connectivity index (χ2v) is 10.1. The quantitative estimate of drug-likeness (QED) is 0.523. The molecular formula is C22H27Cl2N3O5S. The monoisotopic (exact) mass is 515 g/mol. The van der Waals surface area contributed by atoms with Crippen LogP contribution in [0.1, 0.15) is 19.4 Å². The average molecular weight is 516 g/mol. The van der Waals surface area contributed by atoms with Crippen LogP contribution in [0.3, 0.4) is 0 Å². The van der Waals surface area contributed by atoms with Crippen LogP contribution in [-0.4, -0.2) is 57.6 Å². The number of nitrogens with zero attached hydrogens (tertiary/aromatic N) is 2. The molecule has 0 aliphatic carbocycles. The van der Waals surface area contributed by atoms with Crippen molar-refractivity contribution in [2.24, 2.45) is 0 Å². The van der Waals surface area contributed by atoms with E-state index in [1.54, 1.807) is 38.1 Å². The van der Waals surface area contributed by atoms with Crippen molar-refractivity contribution in [3.63, 3.8) is 0 Å². The van der Waals surface area contributed by atoms with E-state index in [1.165, 1.54) is 30.2 Å². The highest BCUT2D eigenvalue weighted by Crippen LogP contribution is 2.27. The lowest BCUT2D eigenvalue weighted by Gasteiger charge is -2.31. The topological polar surface area (TPSA) is 96.0 Å². The molecule has 0 bridgehead atoms. The summed E-state index contributed by atoms with van der Waals surface area (Å²) in [5.74, 6) is -0.333. The molecule has 0 heterocycles. The van der Waals surface area contributed by atoms with E-state index in [2.05, 4.69) is 5.32 Å². The molecule has 0 fully saturated rings. The Bertz CT molecular complexity index is 1090. The Morgan fingerprint density at radius 3 is 2.30 bits per heavy atom. The zero-order valence-corrected chi connectivity index (χ0v) is 21.2. The summed E-state index contributed by atoms with van der Waals surface area (Å²) in [6, 6.07) is 10.5. The van der Waals surface area contributed by atoms with Crippen LogP contribution in [0.25, 0.3) is 0 Å². The van der Waals surface area contributed by atoms with Crippen molar-refractivity contribution < 1.29 is 22.7 Å². The van der Waals surface area contributed by atoms with E-state index in [1.807, 2.05) is 0 Å². The van der Waals surface area contributed by atoms with Crippen molar-refractivity contribution in [1.29, 1.82) is 0 Å². The number of hydrogen-bond acceptors (Lipinski definition) is 5. The summed E-state index contributed by atoms with van der Waals surface area (Å²) in [6.07, 6.45) is 0.981. The molecule has 0 spiro atoms. The molecule has 0 saturated carbocycles. The molecule has 1 N–H and O–H groups in total. The highest BCUT2D eigenvalue weighted by molar-refractivity contribution is 7.92. The standard InChI is InChI=1S/C22H27Cl2N3O5S/c1-5-25-22(29)15(2)26(13-16-7-6-8-20(9-16)32-3)21(28)14-27(33(4,30)31)19-11-17(23)10-18(24)12-19/h6-12,15H,5,13-14H2,1-4H3,(H,25,29)/t15-/m1/s1. The van der Waals surface area contributed by atoms with Crippen molar-refractivity contribution in [3.05, 3.63) is 58.1 Å². The minimum Gasteiger partial charge on any atom is -0.497 e. The lowest BCUT2D eigenvalue weighted by molar-refractivity contribution is -0.139. The summed E-state index contributed by atoms with van der Waals surface area (Å²) in [5, 5.41) is 3.14. The van der Waals surface area contributed by atoms with Crippen LogP contribution < -0.4 is 14.4 Å². The largest absolute Gasteiger partial charge is 0.497 e. The number of carbonyl (C=O) groups excluding carboxylic acids is 2. The molecule has 0 aliphatic heterocycles. The number of methoxy groups -OCH3 is 1. The number of likely N-dealkylation sites (N-methyl/N-ethyl adjacent to an activating group) is 1. The molecule has 1 atom stereocenters. The summed E-state index contributed by atoms with van der Waals surface area (Å²) < 4.78 is 31.2. The Kier molecular flexibility index (Phi) is 9.39. The second kappa shape index (κ2) is 11.6. The number of carbonyl (C=O) groups is 2. The van der Waals surface area contributed by atoms with Crippen LogP contribution in [0.5, 0.6) is 5.75 Å². The Balaban J connectivity index is 2.42. The van der Waals surface area contributed by atoms with Crippen molar-refractivity contribution in [2.75, 3.05) is 30.8 Å². The van der Waals surface area contributed by atoms with Gasteiger partial charge in [0, 0.05) is 23.1 Å². The Labute approximate surface area is 204 Å². The molecule has 2 aromatic rings. The number of sulfonamides is 1. The van der Waals surface area contributed by atoms with Crippen molar-refractivity contribution >= 4 is 50.7 Å². The maximum absolute atomic E-state index is 13.4. The number of halogens is 2. The van der Waals surface area contributed by atoms with E-state index in [0.717, 1.165) is 16.1 Å². The Hall–Kier alpha value is -2.49. The second-order valence-electron chi connectivity index (χ2n) is 7.34. The summed E-state index contributed by atoms with van der Waals surface area (Å²) >= 11 is 12.1. The van der Waals surface area contributed by atoms with E-state index in [0.29, 0.717) is 12.3 Å². The van der Waals surface area contributed by atoms with Gasteiger partial charge in [-0.2, -0.15) is 0 Å². The van der Waals surface area contributed by atoms with Gasteiger partial charge in [0.05, 0.1) is 19.1 Å². The van der Waals surface area contributed by atoms with Gasteiger partial charge in [-0.25, -0.2) is 8.42 Å². The summed E-state index contributed by atoms with van der Waals surface area (Å²) in [7, 11) is -2.34. The van der Waals surface area contributed by atoms with Crippen LogP contribution in [0.15, 0.2) is 42.5 Å². The summed E-state index contributed by atoms with van der Waals surface area (Å²) in [6.45, 7) is 3.28. The summed E-state index contributed by atoms with van der Waals surface area (Å²) in [5.41, 5.74) is 0.867. The fourth-order valence-corrected chi connectivity index (χ4v) is 4.52. The highest BCUT2D eigenvalue weighted by atomic mass is 35.5. The third kappa shape index (κ3) is 7.52. The van der Waals surface area contributed by atoms with Crippen LogP contribution in [0.2, 0.25) is 10.0 Å². The van der Waals surface area contributed by atoms with Crippen molar-refractivity contribution in [1.82, 2.24) is 10.2 Å². The van der Waals surface area contributed by atoms with Gasteiger partial charge in [0.2, 0.25) is 21.8 Å². The first-order chi connectivity index (χ1) is 15.5. The van der Waals surface area contributed by atoms with E-state index in [9.17, 15) is 18.0 Å². The normalized spacial score (nSPS) is 12.1. The van der Waals surface area contributed by atoms with Gasteiger partial charge in [0.25, 0.3) is 0 Å². The Morgan fingerprint density at radius 2 is 1.76 bits per heavy atom. The van der Waals surface area contributed by atoms with Crippen LogP contribution in [0, 0.1) is 0 Å². The zero-order valence-electron chi connectivity index (χ0n) is 18.8. The van der Waals surface area contributed by atoms with Gasteiger partial charge in [-0.15, -0.1) is 0 Å². The van der Waals surface area contributed by atoms with Gasteiger partial charge in [-0.05, 0) is 49.7 Å². The van der Waals surface area contributed by atoms with Gasteiger partial charge >= 0.3 is 0 Å². The number of amides is 2. The molecular weight excluding hydrogens is 489 g/mol. The van der Waals surface area contributed by atoms with E-state index in [4.69, 9.17) is 27.9 Å². The van der Waals surface area contributed by atoms with Gasteiger partial charge in [-0.1, -0.05) is 35.3 Å². The molecule has 8 nitrogen and oxygen atoms in total. The van der Waals surface area contributed by atoms with Crippen LogP contribution >= 0.6 is 23.2 Å². The number of nitrogens with one attached hydrogen (secondary N) is 1. The van der Waals surface area contributed by atoms with Crippen molar-refractivity contribution in [2.45, 2.75) is 26.4 Å². The zero-order chi connectivity index (χ0) is 24.8. The molecule has 2 aromatic carbocycles. The number of anilines is 1. The van der Waals surface area contributed by atoms with Crippen LogP contribution in [0.4, 0.5) is 5.69 Å². The number of benzene rings is 2. The molecule has 33 heavy (non-hydrogen) atoms. The minimum absolute atomic E-state index is 0.0717. The molecule has 0 saturated heterocycles. The Morgan fingerprint density at radius 1 is 1.12 bits per heavy atom. The van der Waals surface area contributed by atoms with Crippen LogP contribution in [-0.2, 0) is 26.2 Å². The van der Waals surface area contributed by atoms with Crippen molar-refractivity contribution in [3.8, 4) is 5.75 Å². The number of rotatable bonds is 10. The molecule has 11 heteroatoms. The smallest absolute Gasteiger partial charge is 0.244 e. The lowest BCUT2D eigenvalue weighted by atomic mass is 10.1. The first kappa shape index (κ1) is 26.8. The molecule has 0 aliphatic rings. The number of ether oxygens (including phenoxy) is 1. The van der Waals surface area contributed by atoms with Gasteiger partial charge in [0.1, 0.15) is 18.3 Å². The molecule has 0 aromatic heterocycles. The fraction of sp³-hybridized carbons (Fsp3) is 0.364. The SMILES string of the molecule is CCNC(=O)[C@@H](C)N(Cc1cccc(OC)c1)C(=O)CN(c1cc(Cl)cc(Cl)c1)S(C)(=O)=O. The third-order valence-electron chi connectivity index (χ3n) is 4.82. The first-order valence-corrected chi connectivity index (χ1v) is 12.7. The maximum atomic E-state index is 13.4. The molecule has 0 unspecified atom stereocenters. The molecule has 0 radical (unpaired) electrons. The van der Waals surface area contributed by atoms with E-state index in [-0.39, 0.29) is 28.2 Å². The maximum Gasteiger partial charge on any atom is 0.244 e. The first-order valence-electron chi connectivity index (χ1n) is 10.1. The third-order valence-corrected chi connectivity index (χ3v) is 6.40.